The molecule has 0 bridgehead atoms. The Morgan fingerprint density at radius 2 is 2.25 bits per heavy atom. The van der Waals surface area contributed by atoms with Crippen molar-refractivity contribution in [2.45, 2.75) is 6.54 Å². The van der Waals surface area contributed by atoms with Crippen LogP contribution in [-0.4, -0.2) is 14.5 Å². The standard InChI is InChI=1S/C12H10ClN5OS/c13-8-1-2-10(17-14)16-9(8)5-18-6-15-11-7(12(18)19)3-4-20-11/h1-4,6H,5,14H2,(H,16,17). The molecule has 3 aromatic heterocycles. The van der Waals surface area contributed by atoms with Crippen LogP contribution in [0.2, 0.25) is 5.02 Å². The number of fused-ring (bicyclic) bond motifs is 1. The minimum absolute atomic E-state index is 0.111. The summed E-state index contributed by atoms with van der Waals surface area (Å²) >= 11 is 7.52. The first-order valence-electron chi connectivity index (χ1n) is 5.73. The molecule has 0 fully saturated rings. The molecule has 0 aliphatic heterocycles. The van der Waals surface area contributed by atoms with Crippen LogP contribution in [-0.2, 0) is 6.54 Å². The maximum atomic E-state index is 12.3. The number of thiophene rings is 1. The Balaban J connectivity index is 2.05. The predicted molar refractivity (Wildman–Crippen MR) is 80.0 cm³/mol. The summed E-state index contributed by atoms with van der Waals surface area (Å²) in [6.07, 6.45) is 1.50. The summed E-state index contributed by atoms with van der Waals surface area (Å²) < 4.78 is 1.48. The number of hydrogen-bond donors (Lipinski definition) is 2. The highest BCUT2D eigenvalue weighted by Gasteiger charge is 2.09. The van der Waals surface area contributed by atoms with Crippen molar-refractivity contribution in [3.63, 3.8) is 0 Å². The van der Waals surface area contributed by atoms with E-state index < -0.39 is 0 Å². The number of hydrazine groups is 1. The van der Waals surface area contributed by atoms with Gasteiger partial charge in [-0.3, -0.25) is 9.36 Å². The molecule has 6 nitrogen and oxygen atoms in total. The van der Waals surface area contributed by atoms with Crippen molar-refractivity contribution in [2.75, 3.05) is 5.43 Å². The predicted octanol–water partition coefficient (Wildman–Crippen LogP) is 1.84. The lowest BCUT2D eigenvalue weighted by molar-refractivity contribution is 0.731. The molecule has 3 heterocycles. The van der Waals surface area contributed by atoms with Crippen LogP contribution in [0.1, 0.15) is 5.69 Å². The number of nitrogen functional groups attached to an aromatic ring is 1. The van der Waals surface area contributed by atoms with Gasteiger partial charge in [0.15, 0.2) is 0 Å². The molecular formula is C12H10ClN5OS. The lowest BCUT2D eigenvalue weighted by Gasteiger charge is -2.08. The van der Waals surface area contributed by atoms with Crippen LogP contribution in [0.3, 0.4) is 0 Å². The quantitative estimate of drug-likeness (QED) is 0.569. The van der Waals surface area contributed by atoms with Crippen LogP contribution in [0.4, 0.5) is 5.82 Å². The first kappa shape index (κ1) is 13.0. The van der Waals surface area contributed by atoms with E-state index in [1.807, 2.05) is 5.38 Å². The zero-order valence-corrected chi connectivity index (χ0v) is 11.8. The van der Waals surface area contributed by atoms with Crippen LogP contribution >= 0.6 is 22.9 Å². The third-order valence-electron chi connectivity index (χ3n) is 2.84. The lowest BCUT2D eigenvalue weighted by Crippen LogP contribution is -2.21. The van der Waals surface area contributed by atoms with Gasteiger partial charge in [-0.2, -0.15) is 0 Å². The first-order valence-corrected chi connectivity index (χ1v) is 6.99. The maximum absolute atomic E-state index is 12.3. The van der Waals surface area contributed by atoms with E-state index in [0.717, 1.165) is 4.83 Å². The van der Waals surface area contributed by atoms with Crippen LogP contribution in [0.15, 0.2) is 34.7 Å². The van der Waals surface area contributed by atoms with E-state index in [-0.39, 0.29) is 12.1 Å². The highest BCUT2D eigenvalue weighted by Crippen LogP contribution is 2.18. The topological polar surface area (TPSA) is 85.8 Å². The molecule has 0 spiro atoms. The van der Waals surface area contributed by atoms with Crippen LogP contribution in [0.5, 0.6) is 0 Å². The fourth-order valence-electron chi connectivity index (χ4n) is 1.84. The van der Waals surface area contributed by atoms with Gasteiger partial charge in [0.2, 0.25) is 0 Å². The van der Waals surface area contributed by atoms with Gasteiger partial charge in [0.1, 0.15) is 10.6 Å². The second-order valence-corrected chi connectivity index (χ2v) is 5.39. The Labute approximate surface area is 122 Å². The molecule has 3 N–H and O–H groups in total. The Kier molecular flexibility index (Phi) is 3.39. The van der Waals surface area contributed by atoms with Crippen molar-refractivity contribution in [2.24, 2.45) is 5.84 Å². The van der Waals surface area contributed by atoms with Crippen LogP contribution in [0, 0.1) is 0 Å². The molecule has 0 atom stereocenters. The van der Waals surface area contributed by atoms with Crippen molar-refractivity contribution >= 4 is 39.0 Å². The Hall–Kier alpha value is -1.96. The van der Waals surface area contributed by atoms with Gasteiger partial charge in [-0.15, -0.1) is 11.3 Å². The molecule has 0 aliphatic carbocycles. The lowest BCUT2D eigenvalue weighted by atomic mass is 10.3. The molecular weight excluding hydrogens is 298 g/mol. The first-order chi connectivity index (χ1) is 9.69. The Morgan fingerprint density at radius 3 is 3.05 bits per heavy atom. The van der Waals surface area contributed by atoms with Gasteiger partial charge in [-0.1, -0.05) is 11.6 Å². The minimum atomic E-state index is -0.111. The summed E-state index contributed by atoms with van der Waals surface area (Å²) in [6, 6.07) is 5.11. The largest absolute Gasteiger partial charge is 0.308 e. The van der Waals surface area contributed by atoms with E-state index in [0.29, 0.717) is 21.9 Å². The molecule has 0 saturated carbocycles. The summed E-state index contributed by atoms with van der Waals surface area (Å²) in [5.41, 5.74) is 2.89. The number of aromatic nitrogens is 3. The molecule has 20 heavy (non-hydrogen) atoms. The summed E-state index contributed by atoms with van der Waals surface area (Å²) in [4.78, 5) is 21.5. The van der Waals surface area contributed by atoms with Crippen LogP contribution in [0.25, 0.3) is 10.2 Å². The fraction of sp³-hybridized carbons (Fsp3) is 0.0833. The van der Waals surface area contributed by atoms with E-state index in [1.165, 1.54) is 22.2 Å². The number of nitrogens with zero attached hydrogens (tertiary/aromatic N) is 3. The van der Waals surface area contributed by atoms with E-state index in [1.54, 1.807) is 18.2 Å². The minimum Gasteiger partial charge on any atom is -0.308 e. The van der Waals surface area contributed by atoms with Crippen molar-refractivity contribution in [3.8, 4) is 0 Å². The van der Waals surface area contributed by atoms with Crippen molar-refractivity contribution in [1.29, 1.82) is 0 Å². The van der Waals surface area contributed by atoms with E-state index in [4.69, 9.17) is 17.4 Å². The summed E-state index contributed by atoms with van der Waals surface area (Å²) in [5.74, 6) is 5.81. The second kappa shape index (κ2) is 5.20. The number of nitrogens with two attached hydrogens (primary N) is 1. The SMILES string of the molecule is NNc1ccc(Cl)c(Cn2cnc3sccc3c2=O)n1. The molecule has 0 aliphatic rings. The highest BCUT2D eigenvalue weighted by molar-refractivity contribution is 7.16. The number of hydrogen-bond acceptors (Lipinski definition) is 6. The monoisotopic (exact) mass is 307 g/mol. The second-order valence-electron chi connectivity index (χ2n) is 4.09. The third-order valence-corrected chi connectivity index (χ3v) is 4.00. The molecule has 0 radical (unpaired) electrons. The normalized spacial score (nSPS) is 10.9. The van der Waals surface area contributed by atoms with E-state index >= 15 is 0 Å². The number of rotatable bonds is 3. The molecule has 0 unspecified atom stereocenters. The molecule has 0 amide bonds. The summed E-state index contributed by atoms with van der Waals surface area (Å²) in [7, 11) is 0. The maximum Gasteiger partial charge on any atom is 0.262 e. The summed E-state index contributed by atoms with van der Waals surface area (Å²) in [5, 5.41) is 2.91. The molecule has 0 aromatic carbocycles. The van der Waals surface area contributed by atoms with Crippen molar-refractivity contribution < 1.29 is 0 Å². The fourth-order valence-corrected chi connectivity index (χ4v) is 2.73. The van der Waals surface area contributed by atoms with Gasteiger partial charge in [0.25, 0.3) is 5.56 Å². The van der Waals surface area contributed by atoms with Gasteiger partial charge < -0.3 is 5.43 Å². The van der Waals surface area contributed by atoms with Gasteiger partial charge in [-0.05, 0) is 23.6 Å². The molecule has 3 aromatic rings. The van der Waals surface area contributed by atoms with Gasteiger partial charge >= 0.3 is 0 Å². The van der Waals surface area contributed by atoms with E-state index in [2.05, 4.69) is 15.4 Å². The molecule has 102 valence electrons. The Morgan fingerprint density at radius 1 is 1.40 bits per heavy atom. The Bertz CT molecular complexity index is 828. The molecule has 3 rings (SSSR count). The summed E-state index contributed by atoms with van der Waals surface area (Å²) in [6.45, 7) is 0.242. The van der Waals surface area contributed by atoms with Gasteiger partial charge in [-0.25, -0.2) is 15.8 Å². The van der Waals surface area contributed by atoms with Crippen molar-refractivity contribution in [1.82, 2.24) is 14.5 Å². The smallest absolute Gasteiger partial charge is 0.262 e. The molecule has 8 heteroatoms. The number of halogens is 1. The van der Waals surface area contributed by atoms with Gasteiger partial charge in [0, 0.05) is 0 Å². The van der Waals surface area contributed by atoms with Crippen molar-refractivity contribution in [3.05, 3.63) is 51.0 Å². The zero-order chi connectivity index (χ0) is 14.1. The zero-order valence-electron chi connectivity index (χ0n) is 10.2. The van der Waals surface area contributed by atoms with Gasteiger partial charge in [0.05, 0.1) is 29.0 Å². The molecule has 0 saturated heterocycles. The highest BCUT2D eigenvalue weighted by atomic mass is 35.5. The average Bonchev–Trinajstić information content (AvgIpc) is 2.93. The number of nitrogens with one attached hydrogen (secondary N) is 1. The van der Waals surface area contributed by atoms with E-state index in [9.17, 15) is 4.79 Å². The third kappa shape index (κ3) is 2.26. The average molecular weight is 308 g/mol. The number of anilines is 1. The van der Waals surface area contributed by atoms with Crippen LogP contribution < -0.4 is 16.8 Å². The number of pyridine rings is 1.